The molecule has 0 radical (unpaired) electrons. The fraction of sp³-hybridized carbons (Fsp3) is 0.400. The molecular formula is C20H25Cl3. The topological polar surface area (TPSA) is 0 Å². The van der Waals surface area contributed by atoms with Crippen LogP contribution in [0.25, 0.3) is 0 Å². The highest BCUT2D eigenvalue weighted by Gasteiger charge is 2.17. The van der Waals surface area contributed by atoms with Gasteiger partial charge in [0.1, 0.15) is 0 Å². The summed E-state index contributed by atoms with van der Waals surface area (Å²) < 4.78 is 0. The summed E-state index contributed by atoms with van der Waals surface area (Å²) >= 11 is 17.8. The highest BCUT2D eigenvalue weighted by Crippen LogP contribution is 2.31. The first-order chi connectivity index (χ1) is 10.4. The number of hydrogen-bond donors (Lipinski definition) is 0. The normalized spacial score (nSPS) is 11.7. The summed E-state index contributed by atoms with van der Waals surface area (Å²) in [6, 6.07) is 13.6. The van der Waals surface area contributed by atoms with Gasteiger partial charge in [0, 0.05) is 15.1 Å². The first kappa shape index (κ1) is 20.4. The van der Waals surface area contributed by atoms with E-state index in [1.54, 1.807) is 6.07 Å². The number of rotatable bonds is 0. The lowest BCUT2D eigenvalue weighted by Gasteiger charge is -2.20. The van der Waals surface area contributed by atoms with Crippen molar-refractivity contribution >= 4 is 34.8 Å². The van der Waals surface area contributed by atoms with E-state index in [9.17, 15) is 0 Å². The molecule has 126 valence electrons. The van der Waals surface area contributed by atoms with Crippen LogP contribution in [0.4, 0.5) is 0 Å². The minimum absolute atomic E-state index is 0.0850. The molecule has 2 aromatic carbocycles. The van der Waals surface area contributed by atoms with Crippen molar-refractivity contribution in [2.45, 2.75) is 52.4 Å². The molecule has 0 unspecified atom stereocenters. The van der Waals surface area contributed by atoms with Crippen molar-refractivity contribution in [2.24, 2.45) is 0 Å². The Labute approximate surface area is 155 Å². The van der Waals surface area contributed by atoms with Crippen molar-refractivity contribution < 1.29 is 0 Å². The summed E-state index contributed by atoms with van der Waals surface area (Å²) in [6.07, 6.45) is 0. The molecule has 0 saturated carbocycles. The van der Waals surface area contributed by atoms with E-state index in [0.29, 0.717) is 5.02 Å². The van der Waals surface area contributed by atoms with Gasteiger partial charge >= 0.3 is 0 Å². The molecule has 0 heterocycles. The molecule has 23 heavy (non-hydrogen) atoms. The van der Waals surface area contributed by atoms with Crippen LogP contribution in [0, 0.1) is 0 Å². The zero-order chi connectivity index (χ0) is 17.8. The van der Waals surface area contributed by atoms with Gasteiger partial charge in [0.05, 0.1) is 0 Å². The van der Waals surface area contributed by atoms with Crippen LogP contribution in [-0.2, 0) is 10.8 Å². The van der Waals surface area contributed by atoms with Crippen molar-refractivity contribution in [3.63, 3.8) is 0 Å². The van der Waals surface area contributed by atoms with E-state index >= 15 is 0 Å². The average molecular weight is 372 g/mol. The number of halogens is 3. The highest BCUT2D eigenvalue weighted by atomic mass is 35.5. The van der Waals surface area contributed by atoms with Crippen LogP contribution in [0.3, 0.4) is 0 Å². The van der Waals surface area contributed by atoms with Crippen molar-refractivity contribution in [1.29, 1.82) is 0 Å². The van der Waals surface area contributed by atoms with Gasteiger partial charge in [0.25, 0.3) is 0 Å². The molecule has 2 rings (SSSR count). The maximum Gasteiger partial charge on any atom is 0.0458 e. The van der Waals surface area contributed by atoms with E-state index in [-0.39, 0.29) is 10.8 Å². The Morgan fingerprint density at radius 2 is 1.09 bits per heavy atom. The molecule has 0 aromatic heterocycles. The van der Waals surface area contributed by atoms with Crippen molar-refractivity contribution in [3.05, 3.63) is 68.7 Å². The Balaban J connectivity index is 0.000000231. The molecule has 0 bridgehead atoms. The Morgan fingerprint density at radius 3 is 1.48 bits per heavy atom. The van der Waals surface area contributed by atoms with Gasteiger partial charge in [-0.15, -0.1) is 0 Å². The fourth-order valence-corrected chi connectivity index (χ4v) is 3.28. The lowest BCUT2D eigenvalue weighted by atomic mass is 9.87. The Hall–Kier alpha value is -0.690. The van der Waals surface area contributed by atoms with Gasteiger partial charge in [0.2, 0.25) is 0 Å². The molecule has 2 aromatic rings. The third-order valence-corrected chi connectivity index (χ3v) is 4.30. The molecule has 0 amide bonds. The van der Waals surface area contributed by atoms with Crippen LogP contribution in [0.1, 0.15) is 52.7 Å². The second-order valence-corrected chi connectivity index (χ2v) is 8.85. The van der Waals surface area contributed by atoms with E-state index in [1.165, 1.54) is 5.56 Å². The second kappa shape index (κ2) is 7.92. The van der Waals surface area contributed by atoms with E-state index < -0.39 is 0 Å². The largest absolute Gasteiger partial charge is 0.0843 e. The molecule has 0 N–H and O–H groups in total. The Morgan fingerprint density at radius 1 is 0.609 bits per heavy atom. The molecule has 0 aliphatic rings. The van der Waals surface area contributed by atoms with Crippen LogP contribution in [-0.4, -0.2) is 0 Å². The molecule has 0 aliphatic carbocycles. The van der Waals surface area contributed by atoms with E-state index in [1.807, 2.05) is 30.3 Å². The summed E-state index contributed by atoms with van der Waals surface area (Å²) in [7, 11) is 0. The number of hydrogen-bond acceptors (Lipinski definition) is 0. The van der Waals surface area contributed by atoms with E-state index in [2.05, 4.69) is 47.6 Å². The standard InChI is InChI=1S/C10H12Cl2.C10H13Cl/c1-10(2,3)8-5-4-7(11)6-9(8)12;1-10(2,3)8-6-4-5-7-9(8)11/h4-6H,1-3H3;4-7H,1-3H3. The van der Waals surface area contributed by atoms with E-state index in [4.69, 9.17) is 34.8 Å². The summed E-state index contributed by atoms with van der Waals surface area (Å²) in [5.74, 6) is 0. The maximum atomic E-state index is 6.03. The highest BCUT2D eigenvalue weighted by molar-refractivity contribution is 6.35. The predicted octanol–water partition coefficient (Wildman–Crippen LogP) is 7.93. The SMILES string of the molecule is CC(C)(C)c1ccc(Cl)cc1Cl.CC(C)(C)c1ccccc1Cl. The maximum absolute atomic E-state index is 6.03. The van der Waals surface area contributed by atoms with Gasteiger partial charge in [0.15, 0.2) is 0 Å². The molecule has 3 heteroatoms. The molecular weight excluding hydrogens is 347 g/mol. The van der Waals surface area contributed by atoms with Crippen LogP contribution in [0.2, 0.25) is 15.1 Å². The summed E-state index contributed by atoms with van der Waals surface area (Å²) in [5, 5.41) is 2.29. The minimum atomic E-state index is 0.0850. The van der Waals surface area contributed by atoms with E-state index in [0.717, 1.165) is 15.6 Å². The quantitative estimate of drug-likeness (QED) is 0.441. The Bertz CT molecular complexity index is 647. The summed E-state index contributed by atoms with van der Waals surface area (Å²) in [4.78, 5) is 0. The second-order valence-electron chi connectivity index (χ2n) is 7.60. The van der Waals surface area contributed by atoms with Crippen molar-refractivity contribution in [2.75, 3.05) is 0 Å². The van der Waals surface area contributed by atoms with Gasteiger partial charge in [-0.2, -0.15) is 0 Å². The molecule has 0 nitrogen and oxygen atoms in total. The molecule has 0 atom stereocenters. The van der Waals surface area contributed by atoms with Crippen molar-refractivity contribution in [1.82, 2.24) is 0 Å². The molecule has 0 fully saturated rings. The van der Waals surface area contributed by atoms with Crippen molar-refractivity contribution in [3.8, 4) is 0 Å². The molecule has 0 saturated heterocycles. The zero-order valence-electron chi connectivity index (χ0n) is 14.7. The van der Waals surface area contributed by atoms with Crippen LogP contribution >= 0.6 is 34.8 Å². The van der Waals surface area contributed by atoms with Crippen LogP contribution < -0.4 is 0 Å². The van der Waals surface area contributed by atoms with Crippen LogP contribution in [0.5, 0.6) is 0 Å². The lowest BCUT2D eigenvalue weighted by Crippen LogP contribution is -2.11. The third-order valence-electron chi connectivity index (χ3n) is 3.42. The fourth-order valence-electron chi connectivity index (χ4n) is 2.17. The van der Waals surface area contributed by atoms with Gasteiger partial charge in [-0.1, -0.05) is 101 Å². The molecule has 0 aliphatic heterocycles. The predicted molar refractivity (Wildman–Crippen MR) is 105 cm³/mol. The summed E-state index contributed by atoms with van der Waals surface area (Å²) in [6.45, 7) is 12.9. The van der Waals surface area contributed by atoms with Crippen LogP contribution in [0.15, 0.2) is 42.5 Å². The van der Waals surface area contributed by atoms with Gasteiger partial charge in [-0.3, -0.25) is 0 Å². The molecule has 0 spiro atoms. The number of benzene rings is 2. The lowest BCUT2D eigenvalue weighted by molar-refractivity contribution is 0.590. The monoisotopic (exact) mass is 370 g/mol. The van der Waals surface area contributed by atoms with Gasteiger partial charge in [-0.05, 0) is 40.2 Å². The summed E-state index contributed by atoms with van der Waals surface area (Å²) in [5.41, 5.74) is 2.58. The minimum Gasteiger partial charge on any atom is -0.0843 e. The third kappa shape index (κ3) is 6.37. The first-order valence-corrected chi connectivity index (χ1v) is 8.77. The zero-order valence-corrected chi connectivity index (χ0v) is 16.9. The Kier molecular flexibility index (Phi) is 7.01. The smallest absolute Gasteiger partial charge is 0.0458 e. The first-order valence-electron chi connectivity index (χ1n) is 7.63. The average Bonchev–Trinajstić information content (AvgIpc) is 2.36. The van der Waals surface area contributed by atoms with Gasteiger partial charge in [-0.25, -0.2) is 0 Å². The van der Waals surface area contributed by atoms with Gasteiger partial charge < -0.3 is 0 Å².